The molecule has 4 rings (SSSR count). The van der Waals surface area contributed by atoms with Crippen LogP contribution in [0.4, 0.5) is 0 Å². The van der Waals surface area contributed by atoms with E-state index in [0.717, 1.165) is 25.6 Å². The van der Waals surface area contributed by atoms with Crippen molar-refractivity contribution in [2.45, 2.75) is 33.3 Å². The lowest BCUT2D eigenvalue weighted by molar-refractivity contribution is 0.282. The van der Waals surface area contributed by atoms with Gasteiger partial charge in [0.1, 0.15) is 12.4 Å². The smallest absolute Gasteiger partial charge is 0.282 e. The van der Waals surface area contributed by atoms with E-state index in [-0.39, 0.29) is 5.56 Å². The average molecular weight is 646 g/mol. The van der Waals surface area contributed by atoms with Gasteiger partial charge in [0, 0.05) is 10.9 Å². The van der Waals surface area contributed by atoms with Gasteiger partial charge in [0.15, 0.2) is 11.5 Å². The molecule has 4 aromatic rings. The topological polar surface area (TPSA) is 65.7 Å². The van der Waals surface area contributed by atoms with Crippen molar-refractivity contribution in [3.63, 3.8) is 0 Å². The Kier molecular flexibility index (Phi) is 8.22. The van der Waals surface area contributed by atoms with Gasteiger partial charge >= 0.3 is 0 Å². The van der Waals surface area contributed by atoms with E-state index in [1.54, 1.807) is 19.4 Å². The number of benzene rings is 3. The van der Waals surface area contributed by atoms with Crippen LogP contribution < -0.4 is 15.0 Å². The number of halogens is 2. The Morgan fingerprint density at radius 1 is 1.17 bits per heavy atom. The van der Waals surface area contributed by atoms with Gasteiger partial charge in [-0.05, 0) is 77.4 Å². The van der Waals surface area contributed by atoms with Crippen LogP contribution in [0.2, 0.25) is 0 Å². The molecular formula is C27H25BrIN3O3. The predicted octanol–water partition coefficient (Wildman–Crippen LogP) is 6.49. The Bertz CT molecular complexity index is 1470. The molecule has 1 aromatic heterocycles. The highest BCUT2D eigenvalue weighted by Gasteiger charge is 2.13. The molecule has 0 N–H and O–H groups in total. The summed E-state index contributed by atoms with van der Waals surface area (Å²) >= 11 is 5.66. The zero-order chi connectivity index (χ0) is 24.9. The first kappa shape index (κ1) is 25.4. The summed E-state index contributed by atoms with van der Waals surface area (Å²) in [7, 11) is 1.61. The molecule has 0 radical (unpaired) electrons. The highest BCUT2D eigenvalue weighted by Crippen LogP contribution is 2.34. The van der Waals surface area contributed by atoms with Crippen LogP contribution in [0.5, 0.6) is 11.5 Å². The van der Waals surface area contributed by atoms with Gasteiger partial charge in [0.05, 0.1) is 27.8 Å². The SMILES string of the molecule is CCCc1nc2ccc(Br)cc2c(=O)n1N=Cc1cc(I)c(OCc2cccc(C)c2)c(OC)c1. The van der Waals surface area contributed by atoms with Gasteiger partial charge in [0.2, 0.25) is 0 Å². The first-order valence-electron chi connectivity index (χ1n) is 11.2. The molecule has 0 spiro atoms. The van der Waals surface area contributed by atoms with Crippen molar-refractivity contribution in [3.05, 3.63) is 95.5 Å². The van der Waals surface area contributed by atoms with Gasteiger partial charge in [-0.3, -0.25) is 4.79 Å². The molecule has 0 atom stereocenters. The predicted molar refractivity (Wildman–Crippen MR) is 152 cm³/mol. The molecule has 8 heteroatoms. The second-order valence-corrected chi connectivity index (χ2v) is 10.2. The number of methoxy groups -OCH3 is 1. The zero-order valence-corrected chi connectivity index (χ0v) is 23.5. The maximum absolute atomic E-state index is 13.2. The van der Waals surface area contributed by atoms with E-state index >= 15 is 0 Å². The van der Waals surface area contributed by atoms with Gasteiger partial charge in [-0.25, -0.2) is 4.98 Å². The van der Waals surface area contributed by atoms with E-state index in [9.17, 15) is 4.79 Å². The molecule has 35 heavy (non-hydrogen) atoms. The summed E-state index contributed by atoms with van der Waals surface area (Å²) in [5, 5.41) is 5.04. The Balaban J connectivity index is 1.67. The summed E-state index contributed by atoms with van der Waals surface area (Å²) in [4.78, 5) is 17.9. The Hall–Kier alpha value is -2.72. The van der Waals surface area contributed by atoms with Crippen LogP contribution in [-0.4, -0.2) is 23.0 Å². The molecule has 6 nitrogen and oxygen atoms in total. The molecule has 0 fully saturated rings. The highest BCUT2D eigenvalue weighted by molar-refractivity contribution is 14.1. The van der Waals surface area contributed by atoms with Crippen molar-refractivity contribution < 1.29 is 9.47 Å². The lowest BCUT2D eigenvalue weighted by Gasteiger charge is -2.14. The number of hydrogen-bond acceptors (Lipinski definition) is 5. The third-order valence-corrected chi connectivity index (χ3v) is 6.68. The van der Waals surface area contributed by atoms with E-state index in [1.165, 1.54) is 10.2 Å². The lowest BCUT2D eigenvalue weighted by atomic mass is 10.1. The minimum absolute atomic E-state index is 0.198. The van der Waals surface area contributed by atoms with Crippen LogP contribution in [0.3, 0.4) is 0 Å². The number of fused-ring (bicyclic) bond motifs is 1. The van der Waals surface area contributed by atoms with Crippen molar-refractivity contribution in [1.29, 1.82) is 0 Å². The van der Waals surface area contributed by atoms with Gasteiger partial charge in [0.25, 0.3) is 5.56 Å². The number of hydrogen-bond donors (Lipinski definition) is 0. The molecule has 0 saturated heterocycles. The van der Waals surface area contributed by atoms with Crippen molar-refractivity contribution in [1.82, 2.24) is 9.66 Å². The van der Waals surface area contributed by atoms with E-state index in [1.807, 2.05) is 36.4 Å². The van der Waals surface area contributed by atoms with Crippen molar-refractivity contribution in [2.75, 3.05) is 7.11 Å². The number of ether oxygens (including phenoxy) is 2. The van der Waals surface area contributed by atoms with Crippen LogP contribution in [-0.2, 0) is 13.0 Å². The maximum Gasteiger partial charge on any atom is 0.282 e. The molecule has 1 heterocycles. The van der Waals surface area contributed by atoms with E-state index in [2.05, 4.69) is 74.6 Å². The number of aryl methyl sites for hydroxylation is 2. The van der Waals surface area contributed by atoms with Crippen molar-refractivity contribution in [3.8, 4) is 11.5 Å². The molecule has 0 amide bonds. The number of nitrogens with zero attached hydrogens (tertiary/aromatic N) is 3. The monoisotopic (exact) mass is 645 g/mol. The lowest BCUT2D eigenvalue weighted by Crippen LogP contribution is -2.22. The van der Waals surface area contributed by atoms with E-state index in [0.29, 0.717) is 41.3 Å². The summed E-state index contributed by atoms with van der Waals surface area (Å²) in [6.07, 6.45) is 3.15. The van der Waals surface area contributed by atoms with Crippen LogP contribution >= 0.6 is 38.5 Å². The second kappa shape index (κ2) is 11.3. The molecule has 0 unspecified atom stereocenters. The zero-order valence-electron chi connectivity index (χ0n) is 19.7. The molecule has 0 aliphatic carbocycles. The molecule has 3 aromatic carbocycles. The minimum Gasteiger partial charge on any atom is -0.493 e. The van der Waals surface area contributed by atoms with Gasteiger partial charge in [-0.2, -0.15) is 9.78 Å². The van der Waals surface area contributed by atoms with Gasteiger partial charge < -0.3 is 9.47 Å². The molecule has 0 saturated carbocycles. The van der Waals surface area contributed by atoms with Crippen LogP contribution in [0, 0.1) is 10.5 Å². The standard InChI is InChI=1S/C27H25BrIN3O3/c1-4-6-25-31-23-10-9-20(28)14-21(23)27(33)32(25)30-15-19-12-22(29)26(24(13-19)34-3)35-16-18-8-5-7-17(2)11-18/h5,7-15H,4,6,16H2,1-3H3. The Labute approximate surface area is 226 Å². The normalized spacial score (nSPS) is 11.3. The molecule has 180 valence electrons. The van der Waals surface area contributed by atoms with Crippen molar-refractivity contribution >= 4 is 55.6 Å². The largest absolute Gasteiger partial charge is 0.493 e. The van der Waals surface area contributed by atoms with Gasteiger partial charge in [-0.1, -0.05) is 52.7 Å². The summed E-state index contributed by atoms with van der Waals surface area (Å²) in [6, 6.07) is 17.5. The summed E-state index contributed by atoms with van der Waals surface area (Å²) < 4.78 is 14.8. The third-order valence-electron chi connectivity index (χ3n) is 5.39. The highest BCUT2D eigenvalue weighted by atomic mass is 127. The quantitative estimate of drug-likeness (QED) is 0.162. The average Bonchev–Trinajstić information content (AvgIpc) is 2.83. The fraction of sp³-hybridized carbons (Fsp3) is 0.222. The Morgan fingerprint density at radius 3 is 2.74 bits per heavy atom. The second-order valence-electron chi connectivity index (χ2n) is 8.11. The summed E-state index contributed by atoms with van der Waals surface area (Å²) in [5.41, 5.74) is 3.53. The Morgan fingerprint density at radius 2 is 2.00 bits per heavy atom. The maximum atomic E-state index is 13.2. The molecule has 0 aliphatic heterocycles. The first-order valence-corrected chi connectivity index (χ1v) is 13.1. The third kappa shape index (κ3) is 5.92. The van der Waals surface area contributed by atoms with E-state index < -0.39 is 0 Å². The van der Waals surface area contributed by atoms with Crippen LogP contribution in [0.1, 0.15) is 35.9 Å². The first-order chi connectivity index (χ1) is 16.9. The summed E-state index contributed by atoms with van der Waals surface area (Å²) in [5.74, 6) is 1.91. The fourth-order valence-corrected chi connectivity index (χ4v) is 4.88. The fourth-order valence-electron chi connectivity index (χ4n) is 3.74. The van der Waals surface area contributed by atoms with Gasteiger partial charge in [-0.15, -0.1) is 0 Å². The molecule has 0 aliphatic rings. The summed E-state index contributed by atoms with van der Waals surface area (Å²) in [6.45, 7) is 4.55. The van der Waals surface area contributed by atoms with Crippen LogP contribution in [0.15, 0.2) is 69.0 Å². The molecular weight excluding hydrogens is 621 g/mol. The number of aromatic nitrogens is 2. The minimum atomic E-state index is -0.198. The van der Waals surface area contributed by atoms with E-state index in [4.69, 9.17) is 9.47 Å². The molecule has 0 bridgehead atoms. The van der Waals surface area contributed by atoms with Crippen molar-refractivity contribution in [2.24, 2.45) is 5.10 Å². The van der Waals surface area contributed by atoms with Crippen LogP contribution in [0.25, 0.3) is 10.9 Å². The number of rotatable bonds is 8.